The van der Waals surface area contributed by atoms with Gasteiger partial charge in [0.05, 0.1) is 11.6 Å². The van der Waals surface area contributed by atoms with Crippen molar-refractivity contribution >= 4 is 28.4 Å². The summed E-state index contributed by atoms with van der Waals surface area (Å²) in [6.07, 6.45) is 0.201. The maximum absolute atomic E-state index is 11.6. The number of amides is 1. The molecule has 22 heavy (non-hydrogen) atoms. The van der Waals surface area contributed by atoms with Gasteiger partial charge in [0.2, 0.25) is 12.7 Å². The Hall–Kier alpha value is -2.52. The predicted octanol–water partition coefficient (Wildman–Crippen LogP) is 2.05. The molecule has 6 nitrogen and oxygen atoms in total. The van der Waals surface area contributed by atoms with E-state index in [9.17, 15) is 4.79 Å². The van der Waals surface area contributed by atoms with E-state index in [4.69, 9.17) is 26.3 Å². The van der Waals surface area contributed by atoms with Gasteiger partial charge in [-0.05, 0) is 17.7 Å². The summed E-state index contributed by atoms with van der Waals surface area (Å²) in [7, 11) is 1.49. The number of rotatable bonds is 3. The molecular formula is C15H12ClN3O3. The molecule has 1 atom stereocenters. The van der Waals surface area contributed by atoms with E-state index in [0.717, 1.165) is 5.39 Å². The van der Waals surface area contributed by atoms with Gasteiger partial charge < -0.3 is 14.8 Å². The first kappa shape index (κ1) is 14.4. The lowest BCUT2D eigenvalue weighted by Gasteiger charge is -2.10. The molecule has 3 rings (SSSR count). The normalized spacial score (nSPS) is 13.7. The lowest BCUT2D eigenvalue weighted by atomic mass is 10.00. The van der Waals surface area contributed by atoms with Crippen LogP contribution >= 0.6 is 11.6 Å². The number of nitrogens with zero attached hydrogens (tertiary/aromatic N) is 2. The van der Waals surface area contributed by atoms with Crippen LogP contribution in [-0.4, -0.2) is 24.7 Å². The zero-order valence-corrected chi connectivity index (χ0v) is 12.5. The number of benzene rings is 1. The number of nitriles is 1. The van der Waals surface area contributed by atoms with E-state index < -0.39 is 5.92 Å². The van der Waals surface area contributed by atoms with Crippen LogP contribution in [0.15, 0.2) is 18.2 Å². The summed E-state index contributed by atoms with van der Waals surface area (Å²) in [4.78, 5) is 16.0. The predicted molar refractivity (Wildman–Crippen MR) is 79.7 cm³/mol. The fourth-order valence-corrected chi connectivity index (χ4v) is 2.54. The van der Waals surface area contributed by atoms with Crippen LogP contribution < -0.4 is 14.8 Å². The van der Waals surface area contributed by atoms with E-state index in [1.165, 1.54) is 7.05 Å². The van der Waals surface area contributed by atoms with Gasteiger partial charge in [0.25, 0.3) is 0 Å². The van der Waals surface area contributed by atoms with E-state index in [-0.39, 0.29) is 24.3 Å². The van der Waals surface area contributed by atoms with Crippen LogP contribution in [0.2, 0.25) is 5.15 Å². The highest BCUT2D eigenvalue weighted by Crippen LogP contribution is 2.36. The molecule has 1 aliphatic heterocycles. The lowest BCUT2D eigenvalue weighted by Crippen LogP contribution is -2.27. The Balaban J connectivity index is 2.00. The molecule has 0 radical (unpaired) electrons. The second-order valence-electron chi connectivity index (χ2n) is 4.84. The number of aromatic nitrogens is 1. The average molecular weight is 318 g/mol. The standard InChI is InChI=1S/C15H12ClN3O3/c1-18-15(20)10(6-17)3-9-2-8-4-12-13(22-7-21-12)5-11(8)19-14(9)16/h2,4-5,10H,3,7H2,1H3,(H,18,20)/t10-/m1/s1. The van der Waals surface area contributed by atoms with Gasteiger partial charge >= 0.3 is 0 Å². The summed E-state index contributed by atoms with van der Waals surface area (Å²) in [5, 5.41) is 12.7. The number of ether oxygens (including phenoxy) is 2. The Kier molecular flexibility index (Phi) is 3.73. The molecule has 0 aliphatic carbocycles. The van der Waals surface area contributed by atoms with E-state index in [0.29, 0.717) is 22.6 Å². The molecule has 1 N–H and O–H groups in total. The summed E-state index contributed by atoms with van der Waals surface area (Å²) < 4.78 is 10.6. The third kappa shape index (κ3) is 2.51. The van der Waals surface area contributed by atoms with Gasteiger partial charge in [-0.1, -0.05) is 11.6 Å². The van der Waals surface area contributed by atoms with Crippen LogP contribution in [0.5, 0.6) is 11.5 Å². The zero-order valence-electron chi connectivity index (χ0n) is 11.7. The van der Waals surface area contributed by atoms with E-state index in [1.54, 1.807) is 6.07 Å². The molecule has 2 aromatic rings. The quantitative estimate of drug-likeness (QED) is 0.876. The molecule has 0 spiro atoms. The highest BCUT2D eigenvalue weighted by atomic mass is 35.5. The van der Waals surface area contributed by atoms with E-state index >= 15 is 0 Å². The van der Waals surface area contributed by atoms with Gasteiger partial charge in [0, 0.05) is 24.9 Å². The fraction of sp³-hybridized carbons (Fsp3) is 0.267. The number of hydrogen-bond acceptors (Lipinski definition) is 5. The smallest absolute Gasteiger partial charge is 0.237 e. The maximum Gasteiger partial charge on any atom is 0.237 e. The topological polar surface area (TPSA) is 84.2 Å². The van der Waals surface area contributed by atoms with Crippen molar-refractivity contribution in [3.8, 4) is 17.6 Å². The molecule has 1 aromatic heterocycles. The van der Waals surface area contributed by atoms with Gasteiger partial charge in [-0.25, -0.2) is 4.98 Å². The summed E-state index contributed by atoms with van der Waals surface area (Å²) in [5.41, 5.74) is 1.31. The Morgan fingerprint density at radius 1 is 1.45 bits per heavy atom. The Labute approximate surface area is 131 Å². The molecular weight excluding hydrogens is 306 g/mol. The second kappa shape index (κ2) is 5.70. The minimum absolute atomic E-state index is 0.180. The van der Waals surface area contributed by atoms with Crippen molar-refractivity contribution < 1.29 is 14.3 Å². The third-order valence-electron chi connectivity index (χ3n) is 3.48. The third-order valence-corrected chi connectivity index (χ3v) is 3.81. The van der Waals surface area contributed by atoms with Crippen molar-refractivity contribution in [2.75, 3.05) is 13.8 Å². The molecule has 0 bridgehead atoms. The monoisotopic (exact) mass is 317 g/mol. The van der Waals surface area contributed by atoms with Gasteiger partial charge in [0.15, 0.2) is 11.5 Å². The fourth-order valence-electron chi connectivity index (χ4n) is 2.32. The average Bonchev–Trinajstić information content (AvgIpc) is 2.97. The molecule has 112 valence electrons. The minimum atomic E-state index is -0.809. The molecule has 0 saturated carbocycles. The number of pyridine rings is 1. The molecule has 0 fully saturated rings. The van der Waals surface area contributed by atoms with Crippen molar-refractivity contribution in [3.63, 3.8) is 0 Å². The highest BCUT2D eigenvalue weighted by molar-refractivity contribution is 6.30. The van der Waals surface area contributed by atoms with Crippen LogP contribution in [0.4, 0.5) is 0 Å². The molecule has 0 unspecified atom stereocenters. The number of carbonyl (C=O) groups excluding carboxylic acids is 1. The van der Waals surface area contributed by atoms with Crippen molar-refractivity contribution in [2.24, 2.45) is 5.92 Å². The lowest BCUT2D eigenvalue weighted by molar-refractivity contribution is -0.122. The number of nitrogens with one attached hydrogen (secondary N) is 1. The Morgan fingerprint density at radius 3 is 2.86 bits per heavy atom. The van der Waals surface area contributed by atoms with Crippen LogP contribution in [0.1, 0.15) is 5.56 Å². The minimum Gasteiger partial charge on any atom is -0.454 e. The van der Waals surface area contributed by atoms with Crippen LogP contribution in [-0.2, 0) is 11.2 Å². The van der Waals surface area contributed by atoms with Crippen molar-refractivity contribution in [1.82, 2.24) is 10.3 Å². The van der Waals surface area contributed by atoms with E-state index in [2.05, 4.69) is 10.3 Å². The number of halogens is 1. The zero-order chi connectivity index (χ0) is 15.7. The van der Waals surface area contributed by atoms with Gasteiger partial charge in [-0.3, -0.25) is 4.79 Å². The first-order valence-corrected chi connectivity index (χ1v) is 7.00. The van der Waals surface area contributed by atoms with Crippen molar-refractivity contribution in [2.45, 2.75) is 6.42 Å². The van der Waals surface area contributed by atoms with Crippen molar-refractivity contribution in [3.05, 3.63) is 28.9 Å². The molecule has 1 aliphatic rings. The largest absolute Gasteiger partial charge is 0.454 e. The first-order valence-electron chi connectivity index (χ1n) is 6.62. The molecule has 1 amide bonds. The summed E-state index contributed by atoms with van der Waals surface area (Å²) in [6, 6.07) is 7.36. The van der Waals surface area contributed by atoms with Gasteiger partial charge in [0.1, 0.15) is 11.1 Å². The summed E-state index contributed by atoms with van der Waals surface area (Å²) in [6.45, 7) is 0.180. The van der Waals surface area contributed by atoms with E-state index in [1.807, 2.05) is 18.2 Å². The first-order chi connectivity index (χ1) is 10.6. The van der Waals surface area contributed by atoms with Crippen LogP contribution in [0.25, 0.3) is 10.9 Å². The molecule has 2 heterocycles. The van der Waals surface area contributed by atoms with Crippen molar-refractivity contribution in [1.29, 1.82) is 5.26 Å². The number of hydrogen-bond donors (Lipinski definition) is 1. The number of carbonyl (C=O) groups is 1. The molecule has 1 aromatic carbocycles. The second-order valence-corrected chi connectivity index (χ2v) is 5.19. The maximum atomic E-state index is 11.6. The number of fused-ring (bicyclic) bond motifs is 2. The molecule has 7 heteroatoms. The SMILES string of the molecule is CNC(=O)[C@@H](C#N)Cc1cc2cc3c(cc2nc1Cl)OCO3. The highest BCUT2D eigenvalue weighted by Gasteiger charge is 2.20. The summed E-state index contributed by atoms with van der Waals surface area (Å²) in [5.74, 6) is 0.120. The van der Waals surface area contributed by atoms with Crippen LogP contribution in [0, 0.1) is 17.2 Å². The Bertz CT molecular complexity index is 801. The van der Waals surface area contributed by atoms with Crippen LogP contribution in [0.3, 0.4) is 0 Å². The molecule has 0 saturated heterocycles. The van der Waals surface area contributed by atoms with Gasteiger partial charge in [-0.2, -0.15) is 5.26 Å². The summed E-state index contributed by atoms with van der Waals surface area (Å²) >= 11 is 6.18. The van der Waals surface area contributed by atoms with Gasteiger partial charge in [-0.15, -0.1) is 0 Å². The Morgan fingerprint density at radius 2 is 2.18 bits per heavy atom.